The van der Waals surface area contributed by atoms with Crippen LogP contribution in [0.1, 0.15) is 32.6 Å². The highest BCUT2D eigenvalue weighted by atomic mass is 35.5. The van der Waals surface area contributed by atoms with E-state index in [1.54, 1.807) is 19.3 Å². The number of nitrogens with one attached hydrogen (secondary N) is 2. The van der Waals surface area contributed by atoms with E-state index >= 15 is 0 Å². The number of nitrogens with zero attached hydrogens (tertiary/aromatic N) is 3. The molecule has 0 aromatic carbocycles. The minimum atomic E-state index is -0.269. The molecular formula is C18H30ClN5O2. The Labute approximate surface area is 160 Å². The first-order valence-corrected chi connectivity index (χ1v) is 9.25. The summed E-state index contributed by atoms with van der Waals surface area (Å²) in [5, 5.41) is 10.6. The first-order valence-electron chi connectivity index (χ1n) is 9.25. The van der Waals surface area contributed by atoms with E-state index in [1.807, 2.05) is 0 Å². The van der Waals surface area contributed by atoms with Crippen molar-refractivity contribution >= 4 is 24.0 Å². The van der Waals surface area contributed by atoms with Crippen LogP contribution in [-0.2, 0) is 11.8 Å². The second-order valence-corrected chi connectivity index (χ2v) is 7.66. The van der Waals surface area contributed by atoms with E-state index in [1.165, 1.54) is 4.68 Å². The van der Waals surface area contributed by atoms with Gasteiger partial charge in [-0.15, -0.1) is 12.4 Å². The van der Waals surface area contributed by atoms with Crippen LogP contribution >= 0.6 is 12.4 Å². The van der Waals surface area contributed by atoms with Crippen LogP contribution in [0.4, 0.5) is 5.69 Å². The normalized spacial score (nSPS) is 24.0. The summed E-state index contributed by atoms with van der Waals surface area (Å²) in [6.07, 6.45) is 5.81. The molecule has 146 valence electrons. The van der Waals surface area contributed by atoms with Gasteiger partial charge in [-0.2, -0.15) is 5.10 Å². The van der Waals surface area contributed by atoms with Crippen molar-refractivity contribution in [3.05, 3.63) is 22.6 Å². The second-order valence-electron chi connectivity index (χ2n) is 7.66. The molecule has 8 heteroatoms. The van der Waals surface area contributed by atoms with Crippen LogP contribution in [0.3, 0.4) is 0 Å². The largest absolute Gasteiger partial charge is 0.370 e. The quantitative estimate of drug-likeness (QED) is 0.808. The average molecular weight is 384 g/mol. The number of halogens is 1. The lowest BCUT2D eigenvalue weighted by Crippen LogP contribution is -2.50. The van der Waals surface area contributed by atoms with Crippen molar-refractivity contribution in [3.63, 3.8) is 0 Å². The molecule has 2 saturated heterocycles. The van der Waals surface area contributed by atoms with Gasteiger partial charge in [-0.05, 0) is 45.1 Å². The fraction of sp³-hybridized carbons (Fsp3) is 0.722. The fourth-order valence-corrected chi connectivity index (χ4v) is 3.73. The third kappa shape index (κ3) is 4.76. The summed E-state index contributed by atoms with van der Waals surface area (Å²) in [5.74, 6) is 0.678. The summed E-state index contributed by atoms with van der Waals surface area (Å²) in [6, 6.07) is 1.64. The maximum Gasteiger partial charge on any atom is 0.268 e. The number of carbonyl (C=O) groups is 1. The molecule has 1 aromatic rings. The summed E-state index contributed by atoms with van der Waals surface area (Å²) < 4.78 is 1.34. The van der Waals surface area contributed by atoms with Crippen molar-refractivity contribution < 1.29 is 4.79 Å². The van der Waals surface area contributed by atoms with Gasteiger partial charge in [0.05, 0.1) is 17.3 Å². The SMILES string of the molecule is Cl.Cn1ncc(N2CCC(CNC(=O)C3(C)CCCNC3)CC2)cc1=O. The van der Waals surface area contributed by atoms with Crippen molar-refractivity contribution in [2.24, 2.45) is 18.4 Å². The van der Waals surface area contributed by atoms with E-state index in [-0.39, 0.29) is 29.3 Å². The zero-order chi connectivity index (χ0) is 17.9. The molecule has 3 rings (SSSR count). The van der Waals surface area contributed by atoms with E-state index < -0.39 is 0 Å². The van der Waals surface area contributed by atoms with Gasteiger partial charge in [0, 0.05) is 39.3 Å². The minimum absolute atomic E-state index is 0. The number of anilines is 1. The molecule has 0 radical (unpaired) electrons. The average Bonchev–Trinajstić information content (AvgIpc) is 2.63. The number of amides is 1. The molecule has 2 aliphatic rings. The third-order valence-electron chi connectivity index (χ3n) is 5.63. The van der Waals surface area contributed by atoms with Gasteiger partial charge >= 0.3 is 0 Å². The maximum absolute atomic E-state index is 12.5. The predicted molar refractivity (Wildman–Crippen MR) is 105 cm³/mol. The topological polar surface area (TPSA) is 79.3 Å². The molecule has 1 amide bonds. The van der Waals surface area contributed by atoms with Gasteiger partial charge in [0.1, 0.15) is 0 Å². The Kier molecular flexibility index (Phi) is 7.06. The van der Waals surface area contributed by atoms with Crippen LogP contribution in [-0.4, -0.2) is 48.4 Å². The number of rotatable bonds is 4. The van der Waals surface area contributed by atoms with E-state index in [0.717, 1.165) is 64.1 Å². The van der Waals surface area contributed by atoms with Gasteiger partial charge in [-0.1, -0.05) is 0 Å². The third-order valence-corrected chi connectivity index (χ3v) is 5.63. The Hall–Kier alpha value is -1.60. The predicted octanol–water partition coefficient (Wildman–Crippen LogP) is 0.924. The molecule has 2 N–H and O–H groups in total. The number of hydrogen-bond acceptors (Lipinski definition) is 5. The van der Waals surface area contributed by atoms with Crippen LogP contribution in [0.15, 0.2) is 17.1 Å². The molecular weight excluding hydrogens is 354 g/mol. The molecule has 7 nitrogen and oxygen atoms in total. The van der Waals surface area contributed by atoms with E-state index in [0.29, 0.717) is 5.92 Å². The van der Waals surface area contributed by atoms with Crippen LogP contribution in [0.5, 0.6) is 0 Å². The summed E-state index contributed by atoms with van der Waals surface area (Å²) >= 11 is 0. The van der Waals surface area contributed by atoms with E-state index in [2.05, 4.69) is 27.6 Å². The van der Waals surface area contributed by atoms with E-state index in [4.69, 9.17) is 0 Å². The minimum Gasteiger partial charge on any atom is -0.370 e. The highest BCUT2D eigenvalue weighted by Gasteiger charge is 2.34. The number of hydrogen-bond donors (Lipinski definition) is 2. The molecule has 0 aliphatic carbocycles. The molecule has 0 spiro atoms. The lowest BCUT2D eigenvalue weighted by atomic mass is 9.81. The first-order chi connectivity index (χ1) is 12.0. The monoisotopic (exact) mass is 383 g/mol. The van der Waals surface area contributed by atoms with Crippen molar-refractivity contribution in [1.29, 1.82) is 0 Å². The van der Waals surface area contributed by atoms with Crippen LogP contribution in [0.2, 0.25) is 0 Å². The molecule has 0 saturated carbocycles. The highest BCUT2D eigenvalue weighted by Crippen LogP contribution is 2.26. The van der Waals surface area contributed by atoms with Gasteiger partial charge < -0.3 is 15.5 Å². The van der Waals surface area contributed by atoms with Gasteiger partial charge in [0.15, 0.2) is 0 Å². The molecule has 26 heavy (non-hydrogen) atoms. The Balaban J connectivity index is 0.00000243. The lowest BCUT2D eigenvalue weighted by molar-refractivity contribution is -0.131. The molecule has 2 aliphatic heterocycles. The first kappa shape index (κ1) is 20.7. The summed E-state index contributed by atoms with van der Waals surface area (Å²) in [4.78, 5) is 26.4. The van der Waals surface area contributed by atoms with Crippen molar-refractivity contribution in [3.8, 4) is 0 Å². The summed E-state index contributed by atoms with van der Waals surface area (Å²) in [5.41, 5.74) is 0.543. The van der Waals surface area contributed by atoms with Gasteiger partial charge in [0.25, 0.3) is 5.56 Å². The Morgan fingerprint density at radius 1 is 1.42 bits per heavy atom. The molecule has 1 unspecified atom stereocenters. The molecule has 1 atom stereocenters. The van der Waals surface area contributed by atoms with Crippen LogP contribution < -0.4 is 21.1 Å². The lowest BCUT2D eigenvalue weighted by Gasteiger charge is -2.35. The number of piperidine rings is 2. The standard InChI is InChI=1S/C18H29N5O2.ClH/c1-18(6-3-7-19-13-18)17(25)20-11-14-4-8-23(9-5-14)15-10-16(24)22(2)21-12-15;/h10,12,14,19H,3-9,11,13H2,1-2H3,(H,20,25);1H. The highest BCUT2D eigenvalue weighted by molar-refractivity contribution is 5.85. The fourth-order valence-electron chi connectivity index (χ4n) is 3.73. The van der Waals surface area contributed by atoms with Crippen molar-refractivity contribution in [2.75, 3.05) is 37.6 Å². The molecule has 3 heterocycles. The van der Waals surface area contributed by atoms with Crippen LogP contribution in [0, 0.1) is 11.3 Å². The van der Waals surface area contributed by atoms with Crippen LogP contribution in [0.25, 0.3) is 0 Å². The summed E-state index contributed by atoms with van der Waals surface area (Å²) in [7, 11) is 1.66. The van der Waals surface area contributed by atoms with Gasteiger partial charge in [-0.25, -0.2) is 4.68 Å². The summed E-state index contributed by atoms with van der Waals surface area (Å²) in [6.45, 7) is 6.38. The molecule has 1 aromatic heterocycles. The Morgan fingerprint density at radius 3 is 2.77 bits per heavy atom. The zero-order valence-corrected chi connectivity index (χ0v) is 16.5. The van der Waals surface area contributed by atoms with E-state index in [9.17, 15) is 9.59 Å². The molecule has 0 bridgehead atoms. The number of carbonyl (C=O) groups excluding carboxylic acids is 1. The van der Waals surface area contributed by atoms with Crippen molar-refractivity contribution in [2.45, 2.75) is 32.6 Å². The zero-order valence-electron chi connectivity index (χ0n) is 15.7. The Bertz CT molecular complexity index is 664. The second kappa shape index (κ2) is 8.86. The molecule has 2 fully saturated rings. The van der Waals surface area contributed by atoms with Gasteiger partial charge in [-0.3, -0.25) is 9.59 Å². The Morgan fingerprint density at radius 2 is 2.15 bits per heavy atom. The number of aryl methyl sites for hydroxylation is 1. The maximum atomic E-state index is 12.5. The van der Waals surface area contributed by atoms with Crippen molar-refractivity contribution in [1.82, 2.24) is 20.4 Å². The smallest absolute Gasteiger partial charge is 0.268 e. The van der Waals surface area contributed by atoms with Gasteiger partial charge in [0.2, 0.25) is 5.91 Å². The number of aromatic nitrogens is 2.